The molecule has 21 heavy (non-hydrogen) atoms. The van der Waals surface area contributed by atoms with Gasteiger partial charge in [0.25, 0.3) is 0 Å². The van der Waals surface area contributed by atoms with Crippen LogP contribution in [-0.2, 0) is 6.18 Å². The van der Waals surface area contributed by atoms with E-state index in [0.717, 1.165) is 29.7 Å². The van der Waals surface area contributed by atoms with Gasteiger partial charge in [-0.05, 0) is 28.1 Å². The van der Waals surface area contributed by atoms with E-state index in [0.29, 0.717) is 5.13 Å². The molecule has 0 atom stereocenters. The zero-order chi connectivity index (χ0) is 15.6. The minimum atomic E-state index is -4.61. The Kier molecular flexibility index (Phi) is 4.37. The Hall–Kier alpha value is -1.81. The third-order valence-electron chi connectivity index (χ3n) is 2.35. The first-order chi connectivity index (χ1) is 9.79. The first kappa shape index (κ1) is 15.6. The Morgan fingerprint density at radius 1 is 1.43 bits per heavy atom. The quantitative estimate of drug-likeness (QED) is 0.560. The van der Waals surface area contributed by atoms with E-state index in [1.807, 2.05) is 0 Å². The van der Waals surface area contributed by atoms with Crippen LogP contribution in [0.5, 0.6) is 5.75 Å². The molecule has 5 nitrogen and oxygen atoms in total. The maximum atomic E-state index is 12.9. The summed E-state index contributed by atoms with van der Waals surface area (Å²) in [6, 6.07) is 1.97. The van der Waals surface area contributed by atoms with Crippen LogP contribution in [0, 0.1) is 0 Å². The van der Waals surface area contributed by atoms with Gasteiger partial charge in [-0.15, -0.1) is 11.3 Å². The lowest BCUT2D eigenvalue weighted by Gasteiger charge is -2.12. The van der Waals surface area contributed by atoms with E-state index < -0.39 is 23.1 Å². The molecule has 4 N–H and O–H groups in total. The predicted molar refractivity (Wildman–Crippen MR) is 78.6 cm³/mol. The molecule has 112 valence electrons. The second kappa shape index (κ2) is 5.90. The van der Waals surface area contributed by atoms with Crippen molar-refractivity contribution in [2.45, 2.75) is 6.18 Å². The zero-order valence-corrected chi connectivity index (χ0v) is 12.6. The topological polar surface area (TPSA) is 83.5 Å². The van der Waals surface area contributed by atoms with Gasteiger partial charge in [-0.2, -0.15) is 18.3 Å². The number of thiazole rings is 1. The van der Waals surface area contributed by atoms with Crippen molar-refractivity contribution in [3.63, 3.8) is 0 Å². The van der Waals surface area contributed by atoms with Crippen LogP contribution < -0.4 is 11.2 Å². The molecule has 0 saturated heterocycles. The Labute approximate surface area is 129 Å². The van der Waals surface area contributed by atoms with Gasteiger partial charge in [0.05, 0.1) is 16.3 Å². The standard InChI is InChI=1S/C11H8BrF3N4OS/c12-7-2-1-6(11(13,14)15)5(9(7)20)3-17-19-10-18-8(16)4-21-10/h1-4,20H,16H2,(H,18,19). The Balaban J connectivity index is 2.31. The van der Waals surface area contributed by atoms with Gasteiger partial charge < -0.3 is 10.8 Å². The highest BCUT2D eigenvalue weighted by Crippen LogP contribution is 2.38. The number of phenols is 1. The fourth-order valence-corrected chi connectivity index (χ4v) is 2.34. The molecule has 0 saturated carbocycles. The summed E-state index contributed by atoms with van der Waals surface area (Å²) in [5, 5.41) is 15.3. The minimum absolute atomic E-state index is 0.135. The fraction of sp³-hybridized carbons (Fsp3) is 0.0909. The Morgan fingerprint density at radius 3 is 2.71 bits per heavy atom. The summed E-state index contributed by atoms with van der Waals surface area (Å²) in [5.74, 6) is -0.270. The molecule has 0 aliphatic carbocycles. The maximum Gasteiger partial charge on any atom is 0.417 e. The number of alkyl halides is 3. The van der Waals surface area contributed by atoms with E-state index >= 15 is 0 Å². The molecule has 1 heterocycles. The van der Waals surface area contributed by atoms with Crippen molar-refractivity contribution >= 4 is 44.4 Å². The van der Waals surface area contributed by atoms with Crippen molar-refractivity contribution in [3.8, 4) is 5.75 Å². The number of aromatic nitrogens is 1. The third kappa shape index (κ3) is 3.64. The van der Waals surface area contributed by atoms with Crippen LogP contribution in [0.3, 0.4) is 0 Å². The van der Waals surface area contributed by atoms with E-state index in [2.05, 4.69) is 31.4 Å². The van der Waals surface area contributed by atoms with E-state index in [-0.39, 0.29) is 10.3 Å². The first-order valence-electron chi connectivity index (χ1n) is 5.38. The molecular weight excluding hydrogens is 373 g/mol. The molecule has 1 aromatic carbocycles. The number of halogens is 4. The van der Waals surface area contributed by atoms with Gasteiger partial charge in [0, 0.05) is 10.9 Å². The number of anilines is 2. The van der Waals surface area contributed by atoms with Crippen molar-refractivity contribution in [1.82, 2.24) is 4.98 Å². The normalized spacial score (nSPS) is 12.0. The third-order valence-corrected chi connectivity index (χ3v) is 3.75. The molecule has 1 aromatic heterocycles. The van der Waals surface area contributed by atoms with E-state index in [1.54, 1.807) is 5.38 Å². The lowest BCUT2D eigenvalue weighted by molar-refractivity contribution is -0.137. The van der Waals surface area contributed by atoms with Gasteiger partial charge in [0.15, 0.2) is 0 Å². The monoisotopic (exact) mass is 380 g/mol. The van der Waals surface area contributed by atoms with Gasteiger partial charge in [-0.3, -0.25) is 5.43 Å². The van der Waals surface area contributed by atoms with Gasteiger partial charge in [-0.25, -0.2) is 4.98 Å². The van der Waals surface area contributed by atoms with Crippen LogP contribution in [0.4, 0.5) is 24.1 Å². The van der Waals surface area contributed by atoms with Gasteiger partial charge >= 0.3 is 6.18 Å². The number of hydrazone groups is 1. The number of aromatic hydroxyl groups is 1. The molecule has 0 bridgehead atoms. The molecule has 0 aliphatic rings. The van der Waals surface area contributed by atoms with Gasteiger partial charge in [0.2, 0.25) is 5.13 Å². The van der Waals surface area contributed by atoms with Crippen LogP contribution in [0.25, 0.3) is 0 Å². The lowest BCUT2D eigenvalue weighted by Crippen LogP contribution is -2.09. The summed E-state index contributed by atoms with van der Waals surface area (Å²) in [6.07, 6.45) is -3.73. The SMILES string of the molecule is Nc1csc(NN=Cc2c(C(F)(F)F)ccc(Br)c2O)n1. The maximum absolute atomic E-state index is 12.9. The lowest BCUT2D eigenvalue weighted by atomic mass is 10.1. The second-order valence-corrected chi connectivity index (χ2v) is 5.51. The fourth-order valence-electron chi connectivity index (χ4n) is 1.45. The molecule has 0 aliphatic heterocycles. The summed E-state index contributed by atoms with van der Waals surface area (Å²) in [4.78, 5) is 3.83. The summed E-state index contributed by atoms with van der Waals surface area (Å²) in [5.41, 5.74) is 6.40. The largest absolute Gasteiger partial charge is 0.506 e. The average Bonchev–Trinajstić information content (AvgIpc) is 2.79. The van der Waals surface area contributed by atoms with Crippen LogP contribution in [0.1, 0.15) is 11.1 Å². The number of nitrogens with two attached hydrogens (primary N) is 1. The highest BCUT2D eigenvalue weighted by atomic mass is 79.9. The van der Waals surface area contributed by atoms with Crippen molar-refractivity contribution in [1.29, 1.82) is 0 Å². The van der Waals surface area contributed by atoms with E-state index in [1.165, 1.54) is 0 Å². The first-order valence-corrected chi connectivity index (χ1v) is 7.05. The molecule has 2 rings (SSSR count). The summed E-state index contributed by atoms with van der Waals surface area (Å²) < 4.78 is 38.8. The van der Waals surface area contributed by atoms with Crippen LogP contribution in [0.2, 0.25) is 0 Å². The van der Waals surface area contributed by atoms with Gasteiger partial charge in [-0.1, -0.05) is 0 Å². The van der Waals surface area contributed by atoms with Crippen LogP contribution >= 0.6 is 27.3 Å². The van der Waals surface area contributed by atoms with E-state index in [9.17, 15) is 18.3 Å². The number of benzene rings is 1. The van der Waals surface area contributed by atoms with Gasteiger partial charge in [0.1, 0.15) is 11.6 Å². The Morgan fingerprint density at radius 2 is 2.14 bits per heavy atom. The molecule has 0 amide bonds. The number of hydrogen-bond donors (Lipinski definition) is 3. The summed E-state index contributed by atoms with van der Waals surface area (Å²) in [6.45, 7) is 0. The number of nitrogens with zero attached hydrogens (tertiary/aromatic N) is 2. The summed E-state index contributed by atoms with van der Waals surface area (Å²) in [7, 11) is 0. The molecule has 10 heteroatoms. The highest BCUT2D eigenvalue weighted by molar-refractivity contribution is 9.10. The molecule has 0 fully saturated rings. The average molecular weight is 381 g/mol. The smallest absolute Gasteiger partial charge is 0.417 e. The highest BCUT2D eigenvalue weighted by Gasteiger charge is 2.34. The molecule has 0 unspecified atom stereocenters. The number of nitrogens with one attached hydrogen (secondary N) is 1. The number of rotatable bonds is 3. The number of phenolic OH excluding ortho intramolecular Hbond substituents is 1. The van der Waals surface area contributed by atoms with Crippen molar-refractivity contribution in [2.24, 2.45) is 5.10 Å². The Bertz CT molecular complexity index is 687. The summed E-state index contributed by atoms with van der Waals surface area (Å²) >= 11 is 4.11. The molecule has 0 radical (unpaired) electrons. The molecule has 0 spiro atoms. The van der Waals surface area contributed by atoms with Crippen LogP contribution in [-0.4, -0.2) is 16.3 Å². The number of hydrogen-bond acceptors (Lipinski definition) is 6. The van der Waals surface area contributed by atoms with Crippen molar-refractivity contribution in [2.75, 3.05) is 11.2 Å². The van der Waals surface area contributed by atoms with Crippen LogP contribution in [0.15, 0.2) is 27.1 Å². The van der Waals surface area contributed by atoms with Crippen molar-refractivity contribution < 1.29 is 18.3 Å². The molecule has 2 aromatic rings. The minimum Gasteiger partial charge on any atom is -0.506 e. The van der Waals surface area contributed by atoms with E-state index in [4.69, 9.17) is 5.73 Å². The molecular formula is C11H8BrF3N4OS. The zero-order valence-electron chi connectivity index (χ0n) is 10.1. The van der Waals surface area contributed by atoms with Crippen molar-refractivity contribution in [3.05, 3.63) is 33.1 Å². The number of nitrogen functional groups attached to an aromatic ring is 1. The second-order valence-electron chi connectivity index (χ2n) is 3.80. The predicted octanol–water partition coefficient (Wildman–Crippen LogP) is 3.66.